The smallest absolute Gasteiger partial charge is 0.462 e. The second-order valence-corrected chi connectivity index (χ2v) is 28.4. The van der Waals surface area contributed by atoms with E-state index in [0.29, 0.717) is 25.7 Å². The zero-order chi connectivity index (χ0) is 73.2. The highest BCUT2D eigenvalue weighted by atomic mass is 31.2. The molecule has 17 nitrogen and oxygen atoms in total. The first-order chi connectivity index (χ1) is 48.7. The van der Waals surface area contributed by atoms with Gasteiger partial charge in [-0.05, 0) is 128 Å². The van der Waals surface area contributed by atoms with Gasteiger partial charge in [-0.25, -0.2) is 9.13 Å². The topological polar surface area (TPSA) is 237 Å². The number of hydrogen-bond donors (Lipinski definition) is 3. The van der Waals surface area contributed by atoms with Crippen LogP contribution in [0.5, 0.6) is 0 Å². The maximum atomic E-state index is 13.1. The predicted molar refractivity (Wildman–Crippen MR) is 408 cm³/mol. The molecule has 0 radical (unpaired) electrons. The zero-order valence-corrected chi connectivity index (χ0v) is 64.4. The lowest BCUT2D eigenvalue weighted by molar-refractivity contribution is -0.161. The van der Waals surface area contributed by atoms with Crippen molar-refractivity contribution in [1.29, 1.82) is 0 Å². The summed E-state index contributed by atoms with van der Waals surface area (Å²) < 4.78 is 68.5. The molecule has 0 heterocycles. The Bertz CT molecular complexity index is 2370. The molecule has 0 rings (SSSR count). The van der Waals surface area contributed by atoms with Crippen molar-refractivity contribution in [3.63, 3.8) is 0 Å². The molecule has 0 aromatic carbocycles. The summed E-state index contributed by atoms with van der Waals surface area (Å²) in [5.41, 5.74) is 0. The van der Waals surface area contributed by atoms with Crippen molar-refractivity contribution in [1.82, 2.24) is 0 Å². The van der Waals surface area contributed by atoms with Gasteiger partial charge in [-0.15, -0.1) is 0 Å². The molecule has 0 aliphatic carbocycles. The lowest BCUT2D eigenvalue weighted by Crippen LogP contribution is -2.30. The molecule has 5 atom stereocenters. The van der Waals surface area contributed by atoms with E-state index in [4.69, 9.17) is 37.0 Å². The van der Waals surface area contributed by atoms with Crippen molar-refractivity contribution in [2.45, 2.75) is 329 Å². The van der Waals surface area contributed by atoms with Crippen LogP contribution < -0.4 is 0 Å². The Hall–Kier alpha value is -4.54. The maximum Gasteiger partial charge on any atom is 0.472 e. The molecule has 5 unspecified atom stereocenters. The number of carbonyl (C=O) groups excluding carboxylic acids is 4. The third-order valence-electron chi connectivity index (χ3n) is 15.9. The molecule has 0 aliphatic rings. The largest absolute Gasteiger partial charge is 0.472 e. The fourth-order valence-corrected chi connectivity index (χ4v) is 11.6. The lowest BCUT2D eigenvalue weighted by Gasteiger charge is -2.21. The summed E-state index contributed by atoms with van der Waals surface area (Å²) in [6, 6.07) is 0. The minimum absolute atomic E-state index is 0.0726. The summed E-state index contributed by atoms with van der Waals surface area (Å²) in [6.45, 7) is 4.51. The van der Waals surface area contributed by atoms with E-state index in [-0.39, 0.29) is 25.7 Å². The molecule has 0 saturated carbocycles. The van der Waals surface area contributed by atoms with Crippen molar-refractivity contribution < 1.29 is 80.2 Å². The number of ether oxygens (including phenoxy) is 4. The molecule has 100 heavy (non-hydrogen) atoms. The van der Waals surface area contributed by atoms with Gasteiger partial charge in [0.1, 0.15) is 19.3 Å². The van der Waals surface area contributed by atoms with Crippen LogP contribution >= 0.6 is 15.6 Å². The van der Waals surface area contributed by atoms with Crippen LogP contribution in [0.2, 0.25) is 0 Å². The molecular weight excluding hydrogens is 1310 g/mol. The van der Waals surface area contributed by atoms with E-state index in [2.05, 4.69) is 149 Å². The average Bonchev–Trinajstić information content (AvgIpc) is 0.935. The van der Waals surface area contributed by atoms with Gasteiger partial charge in [-0.1, -0.05) is 278 Å². The van der Waals surface area contributed by atoms with Crippen LogP contribution in [0.15, 0.2) is 122 Å². The second-order valence-electron chi connectivity index (χ2n) is 25.5. The Balaban J connectivity index is 5.37. The third-order valence-corrected chi connectivity index (χ3v) is 17.8. The number of phosphoric acid groups is 2. The molecule has 0 aromatic heterocycles. The number of rotatable bonds is 72. The van der Waals surface area contributed by atoms with Crippen LogP contribution in [0, 0.1) is 0 Å². The van der Waals surface area contributed by atoms with Crippen LogP contribution in [-0.4, -0.2) is 96.7 Å². The van der Waals surface area contributed by atoms with Gasteiger partial charge in [0.15, 0.2) is 12.2 Å². The minimum Gasteiger partial charge on any atom is -0.462 e. The highest BCUT2D eigenvalue weighted by Crippen LogP contribution is 2.45. The van der Waals surface area contributed by atoms with E-state index in [1.54, 1.807) is 0 Å². The van der Waals surface area contributed by atoms with Gasteiger partial charge in [0.2, 0.25) is 0 Å². The number of carbonyl (C=O) groups is 4. The number of hydrogen-bond acceptors (Lipinski definition) is 15. The number of phosphoric ester groups is 2. The zero-order valence-electron chi connectivity index (χ0n) is 62.6. The summed E-state index contributed by atoms with van der Waals surface area (Å²) in [5, 5.41) is 10.6. The Morgan fingerprint density at radius 2 is 0.540 bits per heavy atom. The normalized spacial score (nSPS) is 14.6. The molecule has 0 aliphatic heterocycles. The summed E-state index contributed by atoms with van der Waals surface area (Å²) >= 11 is 0. The number of esters is 4. The van der Waals surface area contributed by atoms with E-state index in [9.17, 15) is 43.2 Å². The van der Waals surface area contributed by atoms with E-state index in [0.717, 1.165) is 180 Å². The standard InChI is InChI=1S/C81H138O17P2/c1-5-9-13-17-21-25-29-33-35-36-37-38-40-44-46-50-54-58-62-66-79(84)92-72-77(98-81(86)68-64-60-56-52-48-42-32-28-24-20-16-12-8-4)74-96-100(89,90)94-70-75(82)69-93-99(87,88)95-73-76(97-80(85)67-63-59-55-51-47-41-31-27-23-19-15-11-7-3)71-91-78(83)65-61-57-53-49-45-43-39-34-30-26-22-18-14-10-6-2/h9-10,13-14,16,20-22,25-26,28,32-35,37-39,45,49,75-77,82H,5-8,11-12,15,17-19,23-24,27,29-31,36,40-44,46-48,50-74H2,1-4H3,(H,87,88)(H,89,90)/b13-9-,14-10-,20-16-,25-21-,26-22-,32-28-,35-33-,38-37-,39-34-,49-45-. The van der Waals surface area contributed by atoms with Gasteiger partial charge < -0.3 is 33.8 Å². The third kappa shape index (κ3) is 71.8. The molecule has 0 fully saturated rings. The predicted octanol–water partition coefficient (Wildman–Crippen LogP) is 22.3. The maximum absolute atomic E-state index is 13.1. The first-order valence-corrected chi connectivity index (χ1v) is 41.8. The molecule has 574 valence electrons. The van der Waals surface area contributed by atoms with Gasteiger partial charge in [-0.2, -0.15) is 0 Å². The van der Waals surface area contributed by atoms with Crippen LogP contribution in [0.3, 0.4) is 0 Å². The van der Waals surface area contributed by atoms with Gasteiger partial charge in [0.05, 0.1) is 26.4 Å². The quantitative estimate of drug-likeness (QED) is 0.0169. The van der Waals surface area contributed by atoms with Crippen molar-refractivity contribution in [2.75, 3.05) is 39.6 Å². The van der Waals surface area contributed by atoms with Crippen molar-refractivity contribution in [3.05, 3.63) is 122 Å². The highest BCUT2D eigenvalue weighted by molar-refractivity contribution is 7.47. The van der Waals surface area contributed by atoms with Crippen molar-refractivity contribution >= 4 is 39.5 Å². The monoisotopic (exact) mass is 1440 g/mol. The summed E-state index contributed by atoms with van der Waals surface area (Å²) in [7, 11) is -9.97. The SMILES string of the molecule is CC/C=C\C/C=C\C/C=C\C/C=C\CCCCCCCCC(=O)OCC(COP(=O)(O)OCC(O)COP(=O)(O)OCC(COC(=O)CCCC/C=C\C/C=C\C/C=C\C/C=C\CC)OC(=O)CCCCCCCCCCCCCCC)OC(=O)CCCCCCC/C=C\C/C=C\CCC. The first kappa shape index (κ1) is 95.5. The molecule has 19 heteroatoms. The molecule has 0 saturated heterocycles. The Labute approximate surface area is 606 Å². The Morgan fingerprint density at radius 1 is 0.290 bits per heavy atom. The fourth-order valence-electron chi connectivity index (χ4n) is 10.1. The number of aliphatic hydroxyl groups is 1. The van der Waals surface area contributed by atoms with E-state index in [1.165, 1.54) is 51.4 Å². The van der Waals surface area contributed by atoms with Crippen LogP contribution in [0.1, 0.15) is 310 Å². The van der Waals surface area contributed by atoms with Crippen LogP contribution in [-0.2, 0) is 65.4 Å². The summed E-state index contributed by atoms with van der Waals surface area (Å²) in [6.07, 6.45) is 79.0. The van der Waals surface area contributed by atoms with Gasteiger partial charge in [0, 0.05) is 25.7 Å². The Kier molecular flexibility index (Phi) is 69.5. The number of unbranched alkanes of at least 4 members (excludes halogenated alkanes) is 26. The Morgan fingerprint density at radius 3 is 0.860 bits per heavy atom. The van der Waals surface area contributed by atoms with Crippen LogP contribution in [0.25, 0.3) is 0 Å². The van der Waals surface area contributed by atoms with Crippen molar-refractivity contribution in [2.24, 2.45) is 0 Å². The van der Waals surface area contributed by atoms with Crippen molar-refractivity contribution in [3.8, 4) is 0 Å². The molecule has 3 N–H and O–H groups in total. The van der Waals surface area contributed by atoms with Crippen LogP contribution in [0.4, 0.5) is 0 Å². The highest BCUT2D eigenvalue weighted by Gasteiger charge is 2.30. The average molecular weight is 1450 g/mol. The molecule has 0 bridgehead atoms. The first-order valence-electron chi connectivity index (χ1n) is 38.8. The summed E-state index contributed by atoms with van der Waals surface area (Å²) in [5.74, 6) is -2.25. The lowest BCUT2D eigenvalue weighted by atomic mass is 10.0. The molecular formula is C81H138O17P2. The van der Waals surface area contributed by atoms with E-state index in [1.807, 2.05) is 0 Å². The fraction of sp³-hybridized carbons (Fsp3) is 0.704. The van der Waals surface area contributed by atoms with Gasteiger partial charge in [0.25, 0.3) is 0 Å². The number of allylic oxidation sites excluding steroid dienone is 20. The van der Waals surface area contributed by atoms with E-state index < -0.39 is 97.5 Å². The molecule has 0 spiro atoms. The van der Waals surface area contributed by atoms with Gasteiger partial charge >= 0.3 is 39.5 Å². The number of aliphatic hydroxyl groups excluding tert-OH is 1. The summed E-state index contributed by atoms with van der Waals surface area (Å²) in [4.78, 5) is 72.9. The second kappa shape index (κ2) is 72.8. The molecule has 0 amide bonds. The minimum atomic E-state index is -4.98. The van der Waals surface area contributed by atoms with Gasteiger partial charge in [-0.3, -0.25) is 37.3 Å². The van der Waals surface area contributed by atoms with E-state index >= 15 is 0 Å². The molecule has 0 aromatic rings.